The quantitative estimate of drug-likeness (QED) is 0.780. The molecule has 1 atom stereocenters. The number of nitrogens with one attached hydrogen (secondary N) is 1. The molecule has 0 spiro atoms. The van der Waals surface area contributed by atoms with Gasteiger partial charge in [-0.15, -0.1) is 6.58 Å². The number of carbonyl (C=O) groups excluding carboxylic acids is 1. The van der Waals surface area contributed by atoms with Crippen LogP contribution in [-0.2, 0) is 19.4 Å². The number of carbonyl (C=O) groups is 1. The summed E-state index contributed by atoms with van der Waals surface area (Å²) in [6.45, 7) is 6.07. The van der Waals surface area contributed by atoms with Crippen LogP contribution >= 0.6 is 0 Å². The Kier molecular flexibility index (Phi) is 5.90. The van der Waals surface area contributed by atoms with Gasteiger partial charge in [0.15, 0.2) is 5.69 Å². The number of rotatable bonds is 5. The zero-order valence-corrected chi connectivity index (χ0v) is 15.6. The topological polar surface area (TPSA) is 53.4 Å². The second-order valence-corrected chi connectivity index (χ2v) is 7.28. The summed E-state index contributed by atoms with van der Waals surface area (Å²) in [4.78, 5) is 17.0. The predicted molar refractivity (Wildman–Crippen MR) is 95.7 cm³/mol. The van der Waals surface area contributed by atoms with Gasteiger partial charge in [0.25, 0.3) is 5.91 Å². The van der Waals surface area contributed by atoms with Crippen LogP contribution in [0.5, 0.6) is 0 Å². The first-order valence-electron chi connectivity index (χ1n) is 9.26. The predicted octanol–water partition coefficient (Wildman–Crippen LogP) is 1.47. The normalized spacial score (nSPS) is 21.2. The lowest BCUT2D eigenvalue weighted by molar-refractivity contribution is -0.126. The van der Waals surface area contributed by atoms with Crippen molar-refractivity contribution in [3.8, 4) is 0 Å². The summed E-state index contributed by atoms with van der Waals surface area (Å²) in [5.74, 6) is -0.126. The summed E-state index contributed by atoms with van der Waals surface area (Å²) in [7, 11) is 2.01. The summed E-state index contributed by atoms with van der Waals surface area (Å²) < 4.78 is 39.4. The number of hydrogen-bond acceptors (Lipinski definition) is 4. The molecule has 1 fully saturated rings. The van der Waals surface area contributed by atoms with Gasteiger partial charge in [0, 0.05) is 43.5 Å². The maximum Gasteiger partial charge on any atom is 0.401 e. The lowest BCUT2D eigenvalue weighted by Gasteiger charge is -2.32. The maximum absolute atomic E-state index is 13.0. The highest BCUT2D eigenvalue weighted by Gasteiger charge is 2.34. The minimum Gasteiger partial charge on any atom is -0.335 e. The van der Waals surface area contributed by atoms with Gasteiger partial charge in [0.1, 0.15) is 0 Å². The van der Waals surface area contributed by atoms with Crippen LogP contribution in [0.4, 0.5) is 13.2 Å². The molecule has 1 aromatic rings. The van der Waals surface area contributed by atoms with E-state index in [9.17, 15) is 18.0 Å². The Balaban J connectivity index is 1.80. The molecule has 0 aromatic carbocycles. The Morgan fingerprint density at radius 1 is 1.33 bits per heavy atom. The number of nitrogens with zero attached hydrogens (tertiary/aromatic N) is 4. The highest BCUT2D eigenvalue weighted by Crippen LogP contribution is 2.27. The molecule has 1 amide bonds. The van der Waals surface area contributed by atoms with Gasteiger partial charge in [-0.05, 0) is 26.3 Å². The summed E-state index contributed by atoms with van der Waals surface area (Å²) in [5, 5.41) is 7.09. The molecule has 0 saturated carbocycles. The number of allylic oxidation sites excluding steroid dienone is 1. The highest BCUT2D eigenvalue weighted by molar-refractivity contribution is 5.94. The summed E-state index contributed by atoms with van der Waals surface area (Å²) in [6, 6.07) is -0.306. The summed E-state index contributed by atoms with van der Waals surface area (Å²) in [5.41, 5.74) is 2.11. The molecule has 1 unspecified atom stereocenters. The standard InChI is InChI=1S/C18H26F3N5O/c1-3-6-26-15-5-4-13(22-12-18(19,20)21)11-14(15)16(23-26)17(27)25-9-7-24(2)8-10-25/h3,13,22H,1,4-12H2,2H3. The first-order chi connectivity index (χ1) is 12.8. The Hall–Kier alpha value is -1.87. The number of piperazine rings is 1. The SMILES string of the molecule is C=CCn1nc(C(=O)N2CCN(C)CC2)c2c1CCC(NCC(F)(F)F)C2. The van der Waals surface area contributed by atoms with Crippen molar-refractivity contribution >= 4 is 5.91 Å². The number of amides is 1. The van der Waals surface area contributed by atoms with E-state index >= 15 is 0 Å². The Bertz CT molecular complexity index is 692. The van der Waals surface area contributed by atoms with E-state index in [-0.39, 0.29) is 11.9 Å². The van der Waals surface area contributed by atoms with Crippen molar-refractivity contribution in [1.82, 2.24) is 24.9 Å². The fraction of sp³-hybridized carbons (Fsp3) is 0.667. The molecular formula is C18H26F3N5O. The van der Waals surface area contributed by atoms with E-state index in [1.165, 1.54) is 0 Å². The molecule has 0 bridgehead atoms. The van der Waals surface area contributed by atoms with E-state index < -0.39 is 12.7 Å². The molecule has 3 rings (SSSR count). The van der Waals surface area contributed by atoms with E-state index in [1.807, 2.05) is 7.05 Å². The number of likely N-dealkylation sites (N-methyl/N-ethyl adjacent to an activating group) is 1. The molecule has 2 heterocycles. The van der Waals surface area contributed by atoms with Gasteiger partial charge in [-0.1, -0.05) is 6.08 Å². The van der Waals surface area contributed by atoms with Crippen LogP contribution in [0, 0.1) is 0 Å². The van der Waals surface area contributed by atoms with E-state index in [2.05, 4.69) is 21.9 Å². The smallest absolute Gasteiger partial charge is 0.335 e. The van der Waals surface area contributed by atoms with Crippen LogP contribution in [-0.4, -0.2) is 77.5 Å². The summed E-state index contributed by atoms with van der Waals surface area (Å²) in [6.07, 6.45) is -0.954. The number of fused-ring (bicyclic) bond motifs is 1. The monoisotopic (exact) mass is 385 g/mol. The lowest BCUT2D eigenvalue weighted by atomic mass is 9.91. The van der Waals surface area contributed by atoms with E-state index in [0.29, 0.717) is 44.6 Å². The van der Waals surface area contributed by atoms with Crippen LogP contribution in [0.1, 0.15) is 28.2 Å². The van der Waals surface area contributed by atoms with Gasteiger partial charge >= 0.3 is 6.18 Å². The van der Waals surface area contributed by atoms with E-state index in [0.717, 1.165) is 24.3 Å². The number of aromatic nitrogens is 2. The molecule has 1 aliphatic heterocycles. The fourth-order valence-corrected chi connectivity index (χ4v) is 3.73. The number of alkyl halides is 3. The highest BCUT2D eigenvalue weighted by atomic mass is 19.4. The summed E-state index contributed by atoms with van der Waals surface area (Å²) >= 11 is 0. The van der Waals surface area contributed by atoms with Gasteiger partial charge in [0.2, 0.25) is 0 Å². The van der Waals surface area contributed by atoms with Gasteiger partial charge in [0.05, 0.1) is 13.1 Å². The molecule has 1 N–H and O–H groups in total. The van der Waals surface area contributed by atoms with Crippen molar-refractivity contribution in [3.05, 3.63) is 29.6 Å². The maximum atomic E-state index is 13.0. The average Bonchev–Trinajstić information content (AvgIpc) is 2.98. The molecule has 27 heavy (non-hydrogen) atoms. The third kappa shape index (κ3) is 4.70. The van der Waals surface area contributed by atoms with Crippen LogP contribution in [0.3, 0.4) is 0 Å². The van der Waals surface area contributed by atoms with Crippen molar-refractivity contribution in [2.24, 2.45) is 0 Å². The van der Waals surface area contributed by atoms with E-state index in [4.69, 9.17) is 0 Å². The van der Waals surface area contributed by atoms with Crippen LogP contribution < -0.4 is 5.32 Å². The Morgan fingerprint density at radius 3 is 2.67 bits per heavy atom. The third-order valence-electron chi connectivity index (χ3n) is 5.23. The van der Waals surface area contributed by atoms with Crippen molar-refractivity contribution in [2.75, 3.05) is 39.8 Å². The lowest BCUT2D eigenvalue weighted by Crippen LogP contribution is -2.47. The Labute approximate surface area is 157 Å². The largest absolute Gasteiger partial charge is 0.401 e. The van der Waals surface area contributed by atoms with Crippen LogP contribution in [0.25, 0.3) is 0 Å². The first kappa shape index (κ1) is 19.9. The molecule has 6 nitrogen and oxygen atoms in total. The van der Waals surface area contributed by atoms with Crippen LogP contribution in [0.15, 0.2) is 12.7 Å². The molecule has 150 valence electrons. The second-order valence-electron chi connectivity index (χ2n) is 7.28. The van der Waals surface area contributed by atoms with E-state index in [1.54, 1.807) is 15.7 Å². The Morgan fingerprint density at radius 2 is 2.04 bits per heavy atom. The van der Waals surface area contributed by atoms with Crippen molar-refractivity contribution in [2.45, 2.75) is 38.0 Å². The second kappa shape index (κ2) is 8.02. The molecular weight excluding hydrogens is 359 g/mol. The molecule has 2 aliphatic rings. The molecule has 0 radical (unpaired) electrons. The number of hydrogen-bond donors (Lipinski definition) is 1. The minimum atomic E-state index is -4.24. The van der Waals surface area contributed by atoms with Crippen molar-refractivity contribution < 1.29 is 18.0 Å². The zero-order chi connectivity index (χ0) is 19.6. The molecule has 1 aliphatic carbocycles. The minimum absolute atomic E-state index is 0.126. The zero-order valence-electron chi connectivity index (χ0n) is 15.6. The van der Waals surface area contributed by atoms with Gasteiger partial charge in [-0.25, -0.2) is 0 Å². The third-order valence-corrected chi connectivity index (χ3v) is 5.23. The van der Waals surface area contributed by atoms with Gasteiger partial charge < -0.3 is 15.1 Å². The molecule has 1 aromatic heterocycles. The molecule has 1 saturated heterocycles. The van der Waals surface area contributed by atoms with Gasteiger partial charge in [-0.2, -0.15) is 18.3 Å². The first-order valence-corrected chi connectivity index (χ1v) is 9.26. The average molecular weight is 385 g/mol. The van der Waals surface area contributed by atoms with Gasteiger partial charge in [-0.3, -0.25) is 9.48 Å². The van der Waals surface area contributed by atoms with Crippen molar-refractivity contribution in [1.29, 1.82) is 0 Å². The van der Waals surface area contributed by atoms with Crippen molar-refractivity contribution in [3.63, 3.8) is 0 Å². The molecule has 9 heteroatoms. The van der Waals surface area contributed by atoms with Crippen LogP contribution in [0.2, 0.25) is 0 Å². The number of halogens is 3. The fourth-order valence-electron chi connectivity index (χ4n) is 3.73.